The molecule has 0 bridgehead atoms. The van der Waals surface area contributed by atoms with Crippen molar-refractivity contribution in [3.05, 3.63) is 23.7 Å². The van der Waals surface area contributed by atoms with Crippen LogP contribution in [-0.4, -0.2) is 38.1 Å². The van der Waals surface area contributed by atoms with Gasteiger partial charge in [0.2, 0.25) is 11.9 Å². The first kappa shape index (κ1) is 15.1. The molecule has 8 heteroatoms. The zero-order valence-electron chi connectivity index (χ0n) is 13.3. The van der Waals surface area contributed by atoms with Crippen molar-refractivity contribution < 1.29 is 5.11 Å². The number of piperidine rings is 1. The number of rotatable bonds is 3. The molecule has 0 spiro atoms. The van der Waals surface area contributed by atoms with Crippen LogP contribution in [0.15, 0.2) is 23.7 Å². The van der Waals surface area contributed by atoms with Crippen molar-refractivity contribution in [1.29, 1.82) is 0 Å². The minimum atomic E-state index is -0.264. The van der Waals surface area contributed by atoms with E-state index in [0.29, 0.717) is 17.8 Å². The van der Waals surface area contributed by atoms with Gasteiger partial charge in [-0.25, -0.2) is 4.98 Å². The van der Waals surface area contributed by atoms with Gasteiger partial charge in [-0.3, -0.25) is 0 Å². The second kappa shape index (κ2) is 6.20. The van der Waals surface area contributed by atoms with Crippen LogP contribution < -0.4 is 10.2 Å². The molecule has 2 N–H and O–H groups in total. The van der Waals surface area contributed by atoms with E-state index >= 15 is 0 Å². The van der Waals surface area contributed by atoms with Crippen LogP contribution in [0.2, 0.25) is 0 Å². The summed E-state index contributed by atoms with van der Waals surface area (Å²) in [5.41, 5.74) is 3.64. The normalized spacial score (nSPS) is 18.0. The van der Waals surface area contributed by atoms with Gasteiger partial charge in [0.1, 0.15) is 0 Å². The summed E-state index contributed by atoms with van der Waals surface area (Å²) in [6.07, 6.45) is 2.33. The molecule has 3 aromatic rings. The van der Waals surface area contributed by atoms with Crippen LogP contribution in [0.1, 0.15) is 19.8 Å². The lowest BCUT2D eigenvalue weighted by Crippen LogP contribution is -2.35. The number of thiazole rings is 1. The molecule has 4 rings (SSSR count). The summed E-state index contributed by atoms with van der Waals surface area (Å²) in [4.78, 5) is 18.9. The number of nitrogens with zero attached hydrogens (tertiary/aromatic N) is 5. The molecule has 24 heavy (non-hydrogen) atoms. The second-order valence-corrected chi connectivity index (χ2v) is 7.00. The Kier molecular flexibility index (Phi) is 3.89. The van der Waals surface area contributed by atoms with Gasteiger partial charge in [0.15, 0.2) is 0 Å². The monoisotopic (exact) mass is 342 g/mol. The van der Waals surface area contributed by atoms with E-state index < -0.39 is 0 Å². The third-order valence-corrected chi connectivity index (χ3v) is 4.93. The fourth-order valence-electron chi connectivity index (χ4n) is 2.98. The molecule has 1 fully saturated rings. The largest absolute Gasteiger partial charge is 0.479 e. The number of anilines is 3. The third-order valence-electron chi connectivity index (χ3n) is 4.14. The molecule has 3 heterocycles. The van der Waals surface area contributed by atoms with E-state index in [4.69, 9.17) is 0 Å². The molecule has 2 aromatic heterocycles. The zero-order chi connectivity index (χ0) is 16.5. The van der Waals surface area contributed by atoms with Gasteiger partial charge in [-0.15, -0.1) is 11.3 Å². The molecule has 1 atom stereocenters. The molecular weight excluding hydrogens is 324 g/mol. The predicted molar refractivity (Wildman–Crippen MR) is 95.0 cm³/mol. The van der Waals surface area contributed by atoms with Crippen molar-refractivity contribution in [3.8, 4) is 6.01 Å². The Hall–Kier alpha value is -2.48. The van der Waals surface area contributed by atoms with E-state index in [9.17, 15) is 5.11 Å². The molecule has 1 aliphatic heterocycles. The third kappa shape index (κ3) is 3.09. The smallest absolute Gasteiger partial charge is 0.320 e. The first-order valence-electron chi connectivity index (χ1n) is 7.97. The number of aromatic nitrogens is 4. The molecule has 1 aliphatic rings. The quantitative estimate of drug-likeness (QED) is 0.756. The Balaban J connectivity index is 1.60. The number of hydrogen-bond acceptors (Lipinski definition) is 8. The van der Waals surface area contributed by atoms with E-state index in [-0.39, 0.29) is 6.01 Å². The van der Waals surface area contributed by atoms with E-state index in [1.54, 1.807) is 11.3 Å². The van der Waals surface area contributed by atoms with Crippen LogP contribution in [0.5, 0.6) is 6.01 Å². The summed E-state index contributed by atoms with van der Waals surface area (Å²) in [6.45, 7) is 4.02. The van der Waals surface area contributed by atoms with Crippen molar-refractivity contribution in [2.75, 3.05) is 23.3 Å². The lowest BCUT2D eigenvalue weighted by Gasteiger charge is -2.30. The van der Waals surface area contributed by atoms with Crippen LogP contribution in [0.4, 0.5) is 17.6 Å². The lowest BCUT2D eigenvalue weighted by atomic mass is 10.0. The van der Waals surface area contributed by atoms with E-state index in [0.717, 1.165) is 35.4 Å². The zero-order valence-corrected chi connectivity index (χ0v) is 14.1. The topological polar surface area (TPSA) is 87.1 Å². The molecule has 0 radical (unpaired) electrons. The first-order valence-corrected chi connectivity index (χ1v) is 8.85. The van der Waals surface area contributed by atoms with Crippen molar-refractivity contribution in [1.82, 2.24) is 19.9 Å². The van der Waals surface area contributed by atoms with Crippen molar-refractivity contribution in [2.24, 2.45) is 5.92 Å². The SMILES string of the molecule is CC1CCCN(c2nc(O)nc(Nc3ccc4ncsc4c3)n2)C1. The minimum absolute atomic E-state index is 0.264. The highest BCUT2D eigenvalue weighted by Crippen LogP contribution is 2.25. The average Bonchev–Trinajstić information content (AvgIpc) is 3.02. The standard InChI is InChI=1S/C16H18N6OS/c1-10-3-2-6-22(8-10)15-19-14(20-16(23)21-15)18-11-4-5-12-13(7-11)24-9-17-12/h4-5,7,9-10H,2-3,6,8H2,1H3,(H2,18,19,20,21,23). The van der Waals surface area contributed by atoms with Gasteiger partial charge in [0.05, 0.1) is 15.7 Å². The number of nitrogens with one attached hydrogen (secondary N) is 1. The molecule has 7 nitrogen and oxygen atoms in total. The number of fused-ring (bicyclic) bond motifs is 1. The Labute approximate surface area is 143 Å². The fourth-order valence-corrected chi connectivity index (χ4v) is 3.70. The van der Waals surface area contributed by atoms with Crippen LogP contribution >= 0.6 is 11.3 Å². The Bertz CT molecular complexity index is 867. The molecule has 1 saturated heterocycles. The molecule has 1 aromatic carbocycles. The number of benzene rings is 1. The van der Waals surface area contributed by atoms with Gasteiger partial charge in [-0.05, 0) is 37.0 Å². The summed E-state index contributed by atoms with van der Waals surface area (Å²) < 4.78 is 1.09. The summed E-state index contributed by atoms with van der Waals surface area (Å²) in [7, 11) is 0. The van der Waals surface area contributed by atoms with E-state index in [1.165, 1.54) is 6.42 Å². The van der Waals surface area contributed by atoms with Gasteiger partial charge in [0.25, 0.3) is 0 Å². The minimum Gasteiger partial charge on any atom is -0.479 e. The Morgan fingerprint density at radius 3 is 3.08 bits per heavy atom. The maximum absolute atomic E-state index is 9.87. The molecule has 124 valence electrons. The van der Waals surface area contributed by atoms with Gasteiger partial charge < -0.3 is 15.3 Å². The van der Waals surface area contributed by atoms with E-state index in [1.807, 2.05) is 23.7 Å². The molecule has 1 unspecified atom stereocenters. The van der Waals surface area contributed by atoms with Crippen LogP contribution in [-0.2, 0) is 0 Å². The van der Waals surface area contributed by atoms with Gasteiger partial charge in [-0.1, -0.05) is 6.92 Å². The summed E-state index contributed by atoms with van der Waals surface area (Å²) in [6, 6.07) is 5.60. The number of aromatic hydroxyl groups is 1. The average molecular weight is 342 g/mol. The second-order valence-electron chi connectivity index (χ2n) is 6.11. The highest BCUT2D eigenvalue weighted by molar-refractivity contribution is 7.16. The van der Waals surface area contributed by atoms with Crippen LogP contribution in [0.25, 0.3) is 10.2 Å². The molecule has 0 saturated carbocycles. The Morgan fingerprint density at radius 1 is 1.29 bits per heavy atom. The van der Waals surface area contributed by atoms with Crippen molar-refractivity contribution >= 4 is 39.1 Å². The van der Waals surface area contributed by atoms with Gasteiger partial charge >= 0.3 is 6.01 Å². The maximum atomic E-state index is 9.87. The van der Waals surface area contributed by atoms with Crippen LogP contribution in [0, 0.1) is 5.92 Å². The van der Waals surface area contributed by atoms with Gasteiger partial charge in [-0.2, -0.15) is 15.0 Å². The van der Waals surface area contributed by atoms with Crippen molar-refractivity contribution in [3.63, 3.8) is 0 Å². The predicted octanol–water partition coefficient (Wildman–Crippen LogP) is 3.17. The van der Waals surface area contributed by atoms with Gasteiger partial charge in [0, 0.05) is 18.8 Å². The first-order chi connectivity index (χ1) is 11.7. The lowest BCUT2D eigenvalue weighted by molar-refractivity contribution is 0.418. The molecular formula is C16H18N6OS. The van der Waals surface area contributed by atoms with Crippen LogP contribution in [0.3, 0.4) is 0 Å². The molecule has 0 aliphatic carbocycles. The summed E-state index contributed by atoms with van der Waals surface area (Å²) >= 11 is 1.58. The van der Waals surface area contributed by atoms with Crippen molar-refractivity contribution in [2.45, 2.75) is 19.8 Å². The molecule has 0 amide bonds. The summed E-state index contributed by atoms with van der Waals surface area (Å²) in [5, 5.41) is 13.0. The van der Waals surface area contributed by atoms with E-state index in [2.05, 4.69) is 37.1 Å². The fraction of sp³-hybridized carbons (Fsp3) is 0.375. The number of hydrogen-bond donors (Lipinski definition) is 2. The highest BCUT2D eigenvalue weighted by atomic mass is 32.1. The highest BCUT2D eigenvalue weighted by Gasteiger charge is 2.20. The Morgan fingerprint density at radius 2 is 2.21 bits per heavy atom. The summed E-state index contributed by atoms with van der Waals surface area (Å²) in [5.74, 6) is 1.47. The maximum Gasteiger partial charge on any atom is 0.320 e.